The van der Waals surface area contributed by atoms with E-state index in [4.69, 9.17) is 0 Å². The van der Waals surface area contributed by atoms with E-state index >= 15 is 0 Å². The number of benzene rings is 1. The van der Waals surface area contributed by atoms with Crippen LogP contribution in [0.25, 0.3) is 0 Å². The van der Waals surface area contributed by atoms with Crippen molar-refractivity contribution in [3.63, 3.8) is 0 Å². The molecule has 0 saturated heterocycles. The summed E-state index contributed by atoms with van der Waals surface area (Å²) in [7, 11) is -3.14. The van der Waals surface area contributed by atoms with Crippen molar-refractivity contribution >= 4 is 9.84 Å². The molecule has 0 aliphatic carbocycles. The zero-order valence-electron chi connectivity index (χ0n) is 11.7. The van der Waals surface area contributed by atoms with E-state index in [0.717, 1.165) is 18.4 Å². The lowest BCUT2D eigenvalue weighted by Gasteiger charge is -2.02. The van der Waals surface area contributed by atoms with Crippen molar-refractivity contribution in [1.82, 2.24) is 0 Å². The van der Waals surface area contributed by atoms with E-state index in [1.54, 1.807) is 12.1 Å². The minimum atomic E-state index is -3.14. The largest absolute Gasteiger partial charge is 0.224 e. The summed E-state index contributed by atoms with van der Waals surface area (Å²) in [6, 6.07) is 7.03. The van der Waals surface area contributed by atoms with E-state index in [-0.39, 0.29) is 5.75 Å². The highest BCUT2D eigenvalue weighted by atomic mass is 32.2. The first-order valence-electron chi connectivity index (χ1n) is 6.62. The fourth-order valence-corrected chi connectivity index (χ4v) is 2.91. The van der Waals surface area contributed by atoms with Crippen LogP contribution in [0.15, 0.2) is 53.5 Å². The van der Waals surface area contributed by atoms with Gasteiger partial charge in [-0.1, -0.05) is 42.0 Å². The molecular weight excluding hydrogens is 256 g/mol. The highest BCUT2D eigenvalue weighted by Crippen LogP contribution is 2.13. The number of rotatable bonds is 7. The van der Waals surface area contributed by atoms with Gasteiger partial charge in [0.1, 0.15) is 0 Å². The van der Waals surface area contributed by atoms with E-state index in [9.17, 15) is 8.42 Å². The monoisotopic (exact) mass is 278 g/mol. The van der Waals surface area contributed by atoms with Crippen LogP contribution >= 0.6 is 0 Å². The summed E-state index contributed by atoms with van der Waals surface area (Å²) in [4.78, 5) is 0.417. The number of unbranched alkanes of at least 4 members (excludes halogenated alkanes) is 1. The smallest absolute Gasteiger partial charge is 0.178 e. The Hall–Kier alpha value is -1.35. The van der Waals surface area contributed by atoms with Gasteiger partial charge < -0.3 is 0 Å². The minimum absolute atomic E-state index is 0.177. The molecule has 3 heteroatoms. The molecule has 0 fully saturated rings. The van der Waals surface area contributed by atoms with Crippen molar-refractivity contribution in [3.05, 3.63) is 54.1 Å². The van der Waals surface area contributed by atoms with Gasteiger partial charge in [0.2, 0.25) is 0 Å². The number of hydrogen-bond acceptors (Lipinski definition) is 2. The van der Waals surface area contributed by atoms with Crippen LogP contribution in [-0.2, 0) is 9.84 Å². The summed E-state index contributed by atoms with van der Waals surface area (Å²) < 4.78 is 24.1. The molecule has 0 saturated carbocycles. The van der Waals surface area contributed by atoms with Crippen LogP contribution in [0.4, 0.5) is 0 Å². The fourth-order valence-electron chi connectivity index (χ4n) is 1.68. The molecule has 0 heterocycles. The molecule has 0 aliphatic heterocycles. The summed E-state index contributed by atoms with van der Waals surface area (Å²) in [5.74, 6) is 0.177. The number of sulfone groups is 1. The van der Waals surface area contributed by atoms with Crippen LogP contribution in [0.3, 0.4) is 0 Å². The van der Waals surface area contributed by atoms with Gasteiger partial charge >= 0.3 is 0 Å². The Morgan fingerprint density at radius 3 is 2.16 bits per heavy atom. The average Bonchev–Trinajstić information content (AvgIpc) is 2.38. The highest BCUT2D eigenvalue weighted by Gasteiger charge is 2.12. The quantitative estimate of drug-likeness (QED) is 0.556. The first-order chi connectivity index (χ1) is 9.06. The molecule has 0 aliphatic rings. The first kappa shape index (κ1) is 15.7. The van der Waals surface area contributed by atoms with E-state index in [0.29, 0.717) is 11.3 Å². The molecule has 0 N–H and O–H groups in total. The second kappa shape index (κ2) is 7.95. The average molecular weight is 278 g/mol. The van der Waals surface area contributed by atoms with Gasteiger partial charge in [0.25, 0.3) is 0 Å². The summed E-state index contributed by atoms with van der Waals surface area (Å²) in [6.07, 6.45) is 10.7. The van der Waals surface area contributed by atoms with Gasteiger partial charge in [0.05, 0.1) is 10.6 Å². The second-order valence-corrected chi connectivity index (χ2v) is 6.65. The zero-order valence-corrected chi connectivity index (χ0v) is 12.5. The van der Waals surface area contributed by atoms with Crippen LogP contribution in [-0.4, -0.2) is 14.2 Å². The summed E-state index contributed by atoms with van der Waals surface area (Å²) in [6.45, 7) is 3.95. The third-order valence-electron chi connectivity index (χ3n) is 2.84. The summed E-state index contributed by atoms with van der Waals surface area (Å²) in [5.41, 5.74) is 1.07. The molecule has 0 bridgehead atoms. The molecule has 0 aromatic heterocycles. The molecule has 1 rings (SSSR count). The second-order valence-electron chi connectivity index (χ2n) is 4.54. The molecule has 0 spiro atoms. The van der Waals surface area contributed by atoms with Crippen molar-refractivity contribution in [1.29, 1.82) is 0 Å². The third kappa shape index (κ3) is 5.88. The summed E-state index contributed by atoms with van der Waals surface area (Å²) >= 11 is 0. The molecule has 0 atom stereocenters. The Kier molecular flexibility index (Phi) is 6.57. The van der Waals surface area contributed by atoms with Crippen LogP contribution in [0, 0.1) is 6.92 Å². The van der Waals surface area contributed by atoms with Gasteiger partial charge in [-0.15, -0.1) is 0 Å². The maximum absolute atomic E-state index is 12.0. The Morgan fingerprint density at radius 1 is 0.947 bits per heavy atom. The lowest BCUT2D eigenvalue weighted by atomic mass is 10.2. The van der Waals surface area contributed by atoms with Gasteiger partial charge in [-0.05, 0) is 45.2 Å². The molecule has 104 valence electrons. The lowest BCUT2D eigenvalue weighted by Crippen LogP contribution is -2.05. The fraction of sp³-hybridized carbons (Fsp3) is 0.375. The van der Waals surface area contributed by atoms with E-state index in [1.807, 2.05) is 44.2 Å². The molecular formula is C16H22O2S. The zero-order chi connectivity index (χ0) is 14.1. The number of allylic oxidation sites excluding steroid dienone is 4. The normalized spacial score (nSPS) is 12.5. The highest BCUT2D eigenvalue weighted by molar-refractivity contribution is 7.91. The Morgan fingerprint density at radius 2 is 1.53 bits per heavy atom. The Balaban J connectivity index is 2.45. The number of aryl methyl sites for hydroxylation is 1. The maximum atomic E-state index is 12.0. The maximum Gasteiger partial charge on any atom is 0.178 e. The van der Waals surface area contributed by atoms with Crippen molar-refractivity contribution in [3.8, 4) is 0 Å². The number of hydrogen-bond donors (Lipinski definition) is 0. The molecule has 0 radical (unpaired) electrons. The lowest BCUT2D eigenvalue weighted by molar-refractivity contribution is 0.595. The van der Waals surface area contributed by atoms with E-state index in [2.05, 4.69) is 6.08 Å². The third-order valence-corrected chi connectivity index (χ3v) is 4.60. The minimum Gasteiger partial charge on any atom is -0.224 e. The van der Waals surface area contributed by atoms with Gasteiger partial charge in [-0.2, -0.15) is 0 Å². The van der Waals surface area contributed by atoms with Gasteiger partial charge in [-0.25, -0.2) is 8.42 Å². The first-order valence-corrected chi connectivity index (χ1v) is 8.27. The van der Waals surface area contributed by atoms with Crippen molar-refractivity contribution in [2.24, 2.45) is 0 Å². The predicted octanol–water partition coefficient (Wildman–Crippen LogP) is 4.07. The molecule has 2 nitrogen and oxygen atoms in total. The molecule has 19 heavy (non-hydrogen) atoms. The summed E-state index contributed by atoms with van der Waals surface area (Å²) in [5, 5.41) is 0. The molecule has 0 unspecified atom stereocenters. The molecule has 0 amide bonds. The van der Waals surface area contributed by atoms with Crippen LogP contribution in [0.5, 0.6) is 0 Å². The molecule has 1 aromatic rings. The molecule has 1 aromatic carbocycles. The van der Waals surface area contributed by atoms with Crippen molar-refractivity contribution < 1.29 is 8.42 Å². The van der Waals surface area contributed by atoms with Gasteiger partial charge in [0.15, 0.2) is 9.84 Å². The van der Waals surface area contributed by atoms with Crippen LogP contribution in [0.2, 0.25) is 0 Å². The SMILES string of the molecule is CC=CCCC=CCCS(=O)(=O)c1ccc(C)cc1. The van der Waals surface area contributed by atoms with Crippen LogP contribution < -0.4 is 0 Å². The van der Waals surface area contributed by atoms with Crippen LogP contribution in [0.1, 0.15) is 31.7 Å². The van der Waals surface area contributed by atoms with Gasteiger partial charge in [-0.3, -0.25) is 0 Å². The Labute approximate surface area is 116 Å². The topological polar surface area (TPSA) is 34.1 Å². The van der Waals surface area contributed by atoms with Crippen molar-refractivity contribution in [2.75, 3.05) is 5.75 Å². The Bertz CT molecular complexity index is 522. The predicted molar refractivity (Wildman–Crippen MR) is 81.0 cm³/mol. The van der Waals surface area contributed by atoms with Crippen molar-refractivity contribution in [2.45, 2.75) is 38.0 Å². The van der Waals surface area contributed by atoms with Gasteiger partial charge in [0, 0.05) is 0 Å². The van der Waals surface area contributed by atoms with E-state index < -0.39 is 9.84 Å². The standard InChI is InChI=1S/C16H22O2S/c1-3-4-5-6-7-8-9-14-19(17,18)16-12-10-15(2)11-13-16/h3-4,7-8,10-13H,5-6,9,14H2,1-2H3. The van der Waals surface area contributed by atoms with E-state index in [1.165, 1.54) is 0 Å².